The number of aryl methyl sites for hydroxylation is 1. The molecule has 7 amide bonds. The SMILES string of the molecule is Cn1cc(-c2ccc(N(C(=O)NCc3ccc(OCCCNC(=O)COc4cccc5c4C(=O)N(C4CCC(=O)NC4=O)C5=O)cc3)[C@H]3CC[C@H](Nc4ccc(C#N)cn4)CC3)cc2)ccc1=O. The van der Waals surface area contributed by atoms with Crippen LogP contribution in [0, 0.1) is 11.3 Å². The molecule has 3 aromatic carbocycles. The summed E-state index contributed by atoms with van der Waals surface area (Å²) >= 11 is 0. The van der Waals surface area contributed by atoms with Gasteiger partial charge in [0.15, 0.2) is 6.61 Å². The van der Waals surface area contributed by atoms with Crippen LogP contribution in [-0.4, -0.2) is 87.9 Å². The first-order valence-electron chi connectivity index (χ1n) is 22.4. The number of hydrogen-bond acceptors (Lipinski definition) is 12. The van der Waals surface area contributed by atoms with Crippen LogP contribution in [0.1, 0.15) is 76.8 Å². The predicted octanol–water partition coefficient (Wildman–Crippen LogP) is 4.82. The summed E-state index contributed by atoms with van der Waals surface area (Å²) in [7, 11) is 1.71. The average molecular weight is 920 g/mol. The van der Waals surface area contributed by atoms with Crippen molar-refractivity contribution in [2.75, 3.05) is 30.0 Å². The van der Waals surface area contributed by atoms with E-state index < -0.39 is 42.2 Å². The van der Waals surface area contributed by atoms with Gasteiger partial charge in [0, 0.05) is 62.8 Å². The number of hydrogen-bond donors (Lipinski definition) is 4. The van der Waals surface area contributed by atoms with Gasteiger partial charge in [-0.05, 0) is 110 Å². The number of urea groups is 1. The van der Waals surface area contributed by atoms with E-state index in [0.29, 0.717) is 30.2 Å². The Kier molecular flexibility index (Phi) is 14.2. The van der Waals surface area contributed by atoms with E-state index in [1.165, 1.54) is 28.8 Å². The fourth-order valence-corrected chi connectivity index (χ4v) is 8.56. The highest BCUT2D eigenvalue weighted by atomic mass is 16.5. The average Bonchev–Trinajstić information content (AvgIpc) is 3.60. The Balaban J connectivity index is 0.802. The van der Waals surface area contributed by atoms with Crippen molar-refractivity contribution >= 4 is 47.1 Å². The molecule has 2 aliphatic heterocycles. The molecular weight excluding hydrogens is 871 g/mol. The fraction of sp³-hybridized carbons (Fsp3) is 0.300. The van der Waals surface area contributed by atoms with E-state index in [9.17, 15) is 33.6 Å². The van der Waals surface area contributed by atoms with Gasteiger partial charge in [0.25, 0.3) is 17.7 Å². The number of nitrogens with zero attached hydrogens (tertiary/aromatic N) is 5. The van der Waals surface area contributed by atoms with Crippen LogP contribution in [0.25, 0.3) is 11.1 Å². The van der Waals surface area contributed by atoms with Gasteiger partial charge >= 0.3 is 6.03 Å². The molecule has 68 heavy (non-hydrogen) atoms. The zero-order valence-electron chi connectivity index (χ0n) is 37.2. The maximum Gasteiger partial charge on any atom is 0.322 e. The summed E-state index contributed by atoms with van der Waals surface area (Å²) in [5, 5.41) is 20.6. The summed E-state index contributed by atoms with van der Waals surface area (Å²) in [6.07, 6.45) is 6.96. The smallest absolute Gasteiger partial charge is 0.322 e. The van der Waals surface area contributed by atoms with E-state index in [0.717, 1.165) is 53.0 Å². The van der Waals surface area contributed by atoms with Gasteiger partial charge in [-0.1, -0.05) is 30.3 Å². The quantitative estimate of drug-likeness (QED) is 0.0771. The highest BCUT2D eigenvalue weighted by molar-refractivity contribution is 6.24. The molecule has 4 heterocycles. The molecule has 2 aromatic heterocycles. The van der Waals surface area contributed by atoms with Crippen LogP contribution in [-0.2, 0) is 28.0 Å². The van der Waals surface area contributed by atoms with Crippen molar-refractivity contribution < 1.29 is 38.2 Å². The van der Waals surface area contributed by atoms with E-state index in [4.69, 9.17) is 14.7 Å². The van der Waals surface area contributed by atoms with Crippen LogP contribution in [0.2, 0.25) is 0 Å². The third kappa shape index (κ3) is 10.7. The molecule has 3 aliphatic rings. The minimum Gasteiger partial charge on any atom is -0.494 e. The van der Waals surface area contributed by atoms with Crippen molar-refractivity contribution in [3.05, 3.63) is 136 Å². The minimum absolute atomic E-state index is 0.00292. The lowest BCUT2D eigenvalue weighted by Gasteiger charge is -2.37. The summed E-state index contributed by atoms with van der Waals surface area (Å²) in [4.78, 5) is 96.2. The second-order valence-corrected chi connectivity index (χ2v) is 16.7. The third-order valence-corrected chi connectivity index (χ3v) is 12.2. The van der Waals surface area contributed by atoms with Crippen molar-refractivity contribution in [2.24, 2.45) is 7.05 Å². The number of rotatable bonds is 16. The molecule has 0 spiro atoms. The van der Waals surface area contributed by atoms with Gasteiger partial charge in [0.05, 0.1) is 23.3 Å². The lowest BCUT2D eigenvalue weighted by Crippen LogP contribution is -2.54. The van der Waals surface area contributed by atoms with Gasteiger partial charge in [-0.3, -0.25) is 43.9 Å². The standard InChI is InChI=1S/C50H49N9O9/c1-57-29-34(11-23-45(57)62)33-9-14-36(15-10-33)58(37-16-12-35(13-17-37)55-42-21-8-32(26-51)28-53-42)50(66)54-27-31-6-18-38(19-7-31)67-25-3-24-52-44(61)30-68-41-5-2-4-39-46(41)49(65)59(48(39)64)40-20-22-43(60)56-47(40)63/h2,4-11,14-15,18-19,21,23,28-29,35,37,40H,3,12-13,16-17,20,22,24-25,27,30H2,1H3,(H,52,61)(H,53,55)(H,54,66)(H,56,60,63)/t35-,37-,40?. The van der Waals surface area contributed by atoms with Crippen LogP contribution >= 0.6 is 0 Å². The number of imide groups is 2. The number of fused-ring (bicyclic) bond motifs is 1. The van der Waals surface area contributed by atoms with E-state index in [1.54, 1.807) is 37.6 Å². The number of aromatic nitrogens is 2. The maximum atomic E-state index is 14.1. The van der Waals surface area contributed by atoms with Crippen LogP contribution < -0.4 is 41.2 Å². The molecule has 1 aliphatic carbocycles. The lowest BCUT2D eigenvalue weighted by atomic mass is 9.89. The van der Waals surface area contributed by atoms with E-state index >= 15 is 0 Å². The molecule has 18 nitrogen and oxygen atoms in total. The summed E-state index contributed by atoms with van der Waals surface area (Å²) in [5.74, 6) is -1.69. The van der Waals surface area contributed by atoms with Gasteiger partial charge in [-0.2, -0.15) is 5.26 Å². The Morgan fingerprint density at radius 1 is 0.853 bits per heavy atom. The lowest BCUT2D eigenvalue weighted by molar-refractivity contribution is -0.136. The number of pyridine rings is 2. The summed E-state index contributed by atoms with van der Waals surface area (Å²) < 4.78 is 13.1. The number of carbonyl (C=O) groups is 6. The van der Waals surface area contributed by atoms with Crippen molar-refractivity contribution in [1.29, 1.82) is 5.26 Å². The van der Waals surface area contributed by atoms with Crippen molar-refractivity contribution in [1.82, 2.24) is 30.4 Å². The minimum atomic E-state index is -1.12. The Labute approximate surface area is 391 Å². The first kappa shape index (κ1) is 46.2. The zero-order chi connectivity index (χ0) is 47.7. The largest absolute Gasteiger partial charge is 0.494 e. The highest BCUT2D eigenvalue weighted by Gasteiger charge is 2.46. The molecule has 0 radical (unpaired) electrons. The number of benzene rings is 3. The molecule has 8 rings (SSSR count). The summed E-state index contributed by atoms with van der Waals surface area (Å²) in [5.41, 5.74) is 3.83. The first-order chi connectivity index (χ1) is 32.9. The van der Waals surface area contributed by atoms with Crippen molar-refractivity contribution in [3.8, 4) is 28.7 Å². The first-order valence-corrected chi connectivity index (χ1v) is 22.4. The van der Waals surface area contributed by atoms with E-state index in [-0.39, 0.29) is 66.5 Å². The number of nitriles is 1. The van der Waals surface area contributed by atoms with Crippen LogP contribution in [0.5, 0.6) is 11.5 Å². The second kappa shape index (κ2) is 20.9. The molecule has 1 unspecified atom stereocenters. The Hall–Kier alpha value is -8.33. The highest BCUT2D eigenvalue weighted by Crippen LogP contribution is 2.34. The van der Waals surface area contributed by atoms with Gasteiger partial charge in [0.1, 0.15) is 29.4 Å². The van der Waals surface area contributed by atoms with Gasteiger partial charge in [-0.25, -0.2) is 9.78 Å². The number of piperidine rings is 1. The molecule has 5 aromatic rings. The number of anilines is 2. The zero-order valence-corrected chi connectivity index (χ0v) is 37.2. The number of carbonyl (C=O) groups excluding carboxylic acids is 6. The third-order valence-electron chi connectivity index (χ3n) is 12.2. The molecule has 348 valence electrons. The Bertz CT molecular complexity index is 2820. The molecule has 4 N–H and O–H groups in total. The molecule has 1 saturated heterocycles. The van der Waals surface area contributed by atoms with Gasteiger partial charge in [-0.15, -0.1) is 0 Å². The van der Waals surface area contributed by atoms with Gasteiger partial charge < -0.3 is 30.0 Å². The maximum absolute atomic E-state index is 14.1. The Morgan fingerprint density at radius 3 is 2.32 bits per heavy atom. The molecule has 18 heteroatoms. The second-order valence-electron chi connectivity index (χ2n) is 16.7. The predicted molar refractivity (Wildman–Crippen MR) is 249 cm³/mol. The van der Waals surface area contributed by atoms with Gasteiger partial charge in [0.2, 0.25) is 17.4 Å². The summed E-state index contributed by atoms with van der Waals surface area (Å²) in [6, 6.07) is 27.3. The van der Waals surface area contributed by atoms with Crippen molar-refractivity contribution in [3.63, 3.8) is 0 Å². The van der Waals surface area contributed by atoms with Crippen LogP contribution in [0.4, 0.5) is 16.3 Å². The Morgan fingerprint density at radius 2 is 1.62 bits per heavy atom. The number of ether oxygens (including phenoxy) is 2. The fourth-order valence-electron chi connectivity index (χ4n) is 8.56. The van der Waals surface area contributed by atoms with Crippen LogP contribution in [0.3, 0.4) is 0 Å². The normalized spacial score (nSPS) is 17.6. The number of nitrogens with one attached hydrogen (secondary N) is 4. The molecule has 1 saturated carbocycles. The number of amides is 7. The van der Waals surface area contributed by atoms with E-state index in [1.807, 2.05) is 53.4 Å². The molecule has 2 fully saturated rings. The molecule has 0 bridgehead atoms. The topological polar surface area (TPSA) is 234 Å². The molecular formula is C50H49N9O9. The van der Waals surface area contributed by atoms with Crippen molar-refractivity contribution in [2.45, 2.75) is 69.6 Å². The molecule has 1 atom stereocenters. The van der Waals surface area contributed by atoms with E-state index in [2.05, 4.69) is 32.3 Å². The monoisotopic (exact) mass is 919 g/mol. The van der Waals surface area contributed by atoms with Crippen LogP contribution in [0.15, 0.2) is 108 Å². The summed E-state index contributed by atoms with van der Waals surface area (Å²) in [6.45, 7) is 0.428.